The molecule has 0 fully saturated rings. The SMILES string of the molecule is CCOC(=O)C(NC(=O)OC1(c2cc(OC)ccc2OC)OC(=O)C(c2ccc3nsnc3c2)=C1Cc1cc(OC)c(OC(C)C)c(OC(C)C)c1)C(C)C. The van der Waals surface area contributed by atoms with Crippen LogP contribution in [-0.2, 0) is 36.0 Å². The number of hydrogen-bond donors (Lipinski definition) is 1. The fourth-order valence-electron chi connectivity index (χ4n) is 6.19. The number of amides is 1. The lowest BCUT2D eigenvalue weighted by molar-refractivity contribution is -0.186. The van der Waals surface area contributed by atoms with Crippen molar-refractivity contribution in [2.24, 2.45) is 5.92 Å². The van der Waals surface area contributed by atoms with Gasteiger partial charge in [0.05, 0.1) is 63.0 Å². The Hall–Kier alpha value is -5.57. The molecule has 0 radical (unpaired) electrons. The summed E-state index contributed by atoms with van der Waals surface area (Å²) in [6, 6.07) is 12.5. The van der Waals surface area contributed by atoms with Crippen molar-refractivity contribution in [2.75, 3.05) is 27.9 Å². The van der Waals surface area contributed by atoms with E-state index in [1.807, 2.05) is 27.7 Å². The zero-order valence-corrected chi connectivity index (χ0v) is 33.5. The van der Waals surface area contributed by atoms with Gasteiger partial charge in [-0.15, -0.1) is 0 Å². The van der Waals surface area contributed by atoms with E-state index in [0.717, 1.165) is 11.7 Å². The maximum absolute atomic E-state index is 14.5. The minimum atomic E-state index is -2.28. The van der Waals surface area contributed by atoms with E-state index in [1.54, 1.807) is 69.3 Å². The molecule has 0 aliphatic carbocycles. The van der Waals surface area contributed by atoms with Gasteiger partial charge in [-0.1, -0.05) is 19.9 Å². The van der Waals surface area contributed by atoms with Gasteiger partial charge in [0.1, 0.15) is 28.6 Å². The van der Waals surface area contributed by atoms with Gasteiger partial charge in [0, 0.05) is 12.0 Å². The predicted molar refractivity (Wildman–Crippen MR) is 205 cm³/mol. The van der Waals surface area contributed by atoms with Crippen LogP contribution in [0.3, 0.4) is 0 Å². The molecule has 2 heterocycles. The third-order valence-corrected chi connectivity index (χ3v) is 9.11. The molecule has 1 aliphatic heterocycles. The lowest BCUT2D eigenvalue weighted by Gasteiger charge is -2.33. The number of nitrogens with one attached hydrogen (secondary N) is 1. The van der Waals surface area contributed by atoms with Crippen LogP contribution in [0.1, 0.15) is 65.2 Å². The fourth-order valence-corrected chi connectivity index (χ4v) is 6.71. The Morgan fingerprint density at radius 3 is 2.16 bits per heavy atom. The second-order valence-corrected chi connectivity index (χ2v) is 14.1. The van der Waals surface area contributed by atoms with Gasteiger partial charge in [-0.3, -0.25) is 0 Å². The molecule has 2 atom stereocenters. The summed E-state index contributed by atoms with van der Waals surface area (Å²) in [5.41, 5.74) is 2.67. The van der Waals surface area contributed by atoms with Gasteiger partial charge in [-0.25, -0.2) is 14.4 Å². The van der Waals surface area contributed by atoms with E-state index in [9.17, 15) is 14.4 Å². The lowest BCUT2D eigenvalue weighted by Crippen LogP contribution is -2.48. The summed E-state index contributed by atoms with van der Waals surface area (Å²) in [4.78, 5) is 41.6. The minimum Gasteiger partial charge on any atom is -0.497 e. The normalized spacial score (nSPS) is 16.0. The molecule has 1 N–H and O–H groups in total. The molecule has 5 rings (SSSR count). The number of rotatable bonds is 16. The molecule has 0 spiro atoms. The fraction of sp³-hybridized carbons (Fsp3) is 0.425. The van der Waals surface area contributed by atoms with Crippen LogP contribution in [0.5, 0.6) is 28.7 Å². The van der Waals surface area contributed by atoms with Crippen LogP contribution >= 0.6 is 11.7 Å². The molecule has 1 aliphatic rings. The van der Waals surface area contributed by atoms with E-state index in [2.05, 4.69) is 14.1 Å². The van der Waals surface area contributed by atoms with Crippen LogP contribution < -0.4 is 29.0 Å². The van der Waals surface area contributed by atoms with Crippen molar-refractivity contribution in [3.05, 3.63) is 70.8 Å². The molecule has 1 amide bonds. The molecule has 3 aromatic carbocycles. The lowest BCUT2D eigenvalue weighted by atomic mass is 9.87. The maximum Gasteiger partial charge on any atom is 0.411 e. The van der Waals surface area contributed by atoms with E-state index in [4.69, 9.17) is 37.9 Å². The van der Waals surface area contributed by atoms with Crippen LogP contribution in [0.2, 0.25) is 0 Å². The number of nitrogens with zero attached hydrogens (tertiary/aromatic N) is 2. The number of fused-ring (bicyclic) bond motifs is 1. The molecule has 1 aromatic heterocycles. The monoisotopic (exact) mass is 777 g/mol. The Kier molecular flexibility index (Phi) is 12.8. The second-order valence-electron chi connectivity index (χ2n) is 13.5. The summed E-state index contributed by atoms with van der Waals surface area (Å²) in [6.45, 7) is 12.8. The Labute approximate surface area is 324 Å². The van der Waals surface area contributed by atoms with E-state index < -0.39 is 29.9 Å². The highest BCUT2D eigenvalue weighted by atomic mass is 32.1. The van der Waals surface area contributed by atoms with Crippen LogP contribution in [-0.4, -0.2) is 73.0 Å². The highest BCUT2D eigenvalue weighted by molar-refractivity contribution is 7.00. The number of hydrogen-bond acceptors (Lipinski definition) is 14. The van der Waals surface area contributed by atoms with Crippen molar-refractivity contribution in [3.63, 3.8) is 0 Å². The van der Waals surface area contributed by atoms with Crippen LogP contribution in [0.4, 0.5) is 4.79 Å². The molecular weight excluding hydrogens is 731 g/mol. The topological polar surface area (TPSA) is 163 Å². The number of benzene rings is 3. The number of esters is 2. The number of aromatic nitrogens is 2. The van der Waals surface area contributed by atoms with Crippen molar-refractivity contribution in [2.45, 2.75) is 78.9 Å². The first-order chi connectivity index (χ1) is 26.2. The molecule has 15 heteroatoms. The summed E-state index contributed by atoms with van der Waals surface area (Å²) in [5.74, 6) is -2.36. The third-order valence-electron chi connectivity index (χ3n) is 8.56. The Morgan fingerprint density at radius 2 is 1.53 bits per heavy atom. The van der Waals surface area contributed by atoms with Crippen molar-refractivity contribution in [1.29, 1.82) is 0 Å². The van der Waals surface area contributed by atoms with Crippen LogP contribution in [0.25, 0.3) is 16.6 Å². The number of cyclic esters (lactones) is 1. The van der Waals surface area contributed by atoms with Gasteiger partial charge >= 0.3 is 23.8 Å². The van der Waals surface area contributed by atoms with Gasteiger partial charge in [0.2, 0.25) is 5.75 Å². The van der Waals surface area contributed by atoms with Gasteiger partial charge in [0.25, 0.3) is 0 Å². The second kappa shape index (κ2) is 17.3. The van der Waals surface area contributed by atoms with Gasteiger partial charge in [-0.05, 0) is 94.1 Å². The van der Waals surface area contributed by atoms with Gasteiger partial charge in [0.15, 0.2) is 11.5 Å². The predicted octanol–water partition coefficient (Wildman–Crippen LogP) is 7.01. The first-order valence-corrected chi connectivity index (χ1v) is 18.6. The van der Waals surface area contributed by atoms with E-state index in [1.165, 1.54) is 21.3 Å². The van der Waals surface area contributed by atoms with E-state index in [0.29, 0.717) is 45.2 Å². The first kappa shape index (κ1) is 40.6. The quantitative estimate of drug-likeness (QED) is 0.116. The molecule has 2 unspecified atom stereocenters. The molecule has 0 saturated heterocycles. The number of ether oxygens (including phenoxy) is 8. The number of carbonyl (C=O) groups excluding carboxylic acids is 3. The van der Waals surface area contributed by atoms with E-state index >= 15 is 0 Å². The highest BCUT2D eigenvalue weighted by Gasteiger charge is 2.55. The average molecular weight is 778 g/mol. The van der Waals surface area contributed by atoms with Crippen molar-refractivity contribution in [1.82, 2.24) is 14.1 Å². The van der Waals surface area contributed by atoms with E-state index in [-0.39, 0.29) is 53.6 Å². The molecule has 14 nitrogen and oxygen atoms in total. The molecular formula is C40H47N3O11S. The zero-order valence-electron chi connectivity index (χ0n) is 32.6. The number of alkyl carbamates (subject to hydrolysis) is 1. The minimum absolute atomic E-state index is 0.0552. The Balaban J connectivity index is 1.81. The Morgan fingerprint density at radius 1 is 0.836 bits per heavy atom. The molecule has 4 aromatic rings. The molecule has 0 bridgehead atoms. The van der Waals surface area contributed by atoms with Crippen molar-refractivity contribution < 1.29 is 52.3 Å². The summed E-state index contributed by atoms with van der Waals surface area (Å²) in [5, 5.41) is 2.64. The van der Waals surface area contributed by atoms with Gasteiger partial charge in [-0.2, -0.15) is 8.75 Å². The third kappa shape index (κ3) is 8.72. The standard InChI is InChI=1S/C40H47N3O11S/c1-11-50-38(45)35(21(2)3)41-39(46)54-40(27-20-26(47-8)13-15-31(27)48-9)28(34(37(44)53-40)25-12-14-29-30(19-25)43-55-42-29)16-24-17-32(49-10)36(52-23(6)7)33(18-24)51-22(4)5/h12-15,17-23,35H,11,16H2,1-10H3,(H,41,46). The smallest absolute Gasteiger partial charge is 0.411 e. The molecule has 55 heavy (non-hydrogen) atoms. The summed E-state index contributed by atoms with van der Waals surface area (Å²) >= 11 is 1.03. The van der Waals surface area contributed by atoms with Crippen molar-refractivity contribution >= 4 is 46.4 Å². The number of carbonyl (C=O) groups is 3. The summed E-state index contributed by atoms with van der Waals surface area (Å²) in [7, 11) is 4.43. The van der Waals surface area contributed by atoms with Crippen molar-refractivity contribution in [3.8, 4) is 28.7 Å². The summed E-state index contributed by atoms with van der Waals surface area (Å²) < 4.78 is 56.2. The summed E-state index contributed by atoms with van der Waals surface area (Å²) in [6.07, 6.45) is -1.56. The molecule has 294 valence electrons. The van der Waals surface area contributed by atoms with Crippen LogP contribution in [0, 0.1) is 5.92 Å². The first-order valence-electron chi connectivity index (χ1n) is 17.9. The number of methoxy groups -OCH3 is 3. The van der Waals surface area contributed by atoms with Crippen LogP contribution in [0.15, 0.2) is 54.1 Å². The maximum atomic E-state index is 14.5. The average Bonchev–Trinajstić information content (AvgIpc) is 3.72. The highest BCUT2D eigenvalue weighted by Crippen LogP contribution is 2.52. The zero-order chi connectivity index (χ0) is 40.0. The van der Waals surface area contributed by atoms with Gasteiger partial charge < -0.3 is 43.2 Å². The largest absolute Gasteiger partial charge is 0.497 e. The molecule has 0 saturated carbocycles. The Bertz CT molecular complexity index is 2080.